The first kappa shape index (κ1) is 19.5. The fraction of sp³-hybridized carbons (Fsp3) is 0.800. The number of fused-ring (bicyclic) bond motifs is 1. The second-order valence-corrected chi connectivity index (χ2v) is 7.51. The summed E-state index contributed by atoms with van der Waals surface area (Å²) in [5, 5.41) is 11.2. The lowest BCUT2D eigenvalue weighted by Crippen LogP contribution is -2.58. The molecule has 142 valence electrons. The zero-order valence-corrected chi connectivity index (χ0v) is 14.4. The summed E-state index contributed by atoms with van der Waals surface area (Å²) in [6, 6.07) is -2.55. The van der Waals surface area contributed by atoms with Crippen LogP contribution < -0.4 is 5.32 Å². The summed E-state index contributed by atoms with van der Waals surface area (Å²) < 4.78 is 37.6. The molecule has 1 heterocycles. The van der Waals surface area contributed by atoms with E-state index in [1.165, 1.54) is 4.90 Å². The Bertz CT molecular complexity index is 591. The molecule has 0 spiro atoms. The number of alkyl halides is 3. The molecule has 2 N–H and O–H groups in total. The second kappa shape index (κ2) is 6.15. The molecule has 25 heavy (non-hydrogen) atoms. The summed E-state index contributed by atoms with van der Waals surface area (Å²) in [6.07, 6.45) is -5.12. The van der Waals surface area contributed by atoms with Crippen LogP contribution in [-0.2, 0) is 14.4 Å². The molecule has 1 saturated carbocycles. The van der Waals surface area contributed by atoms with E-state index >= 15 is 0 Å². The molecule has 2 fully saturated rings. The van der Waals surface area contributed by atoms with Gasteiger partial charge < -0.3 is 20.2 Å². The Balaban J connectivity index is 2.19. The molecule has 2 rings (SSSR count). The van der Waals surface area contributed by atoms with Crippen LogP contribution in [0.1, 0.15) is 13.8 Å². The van der Waals surface area contributed by atoms with Gasteiger partial charge in [0.25, 0.3) is 0 Å². The van der Waals surface area contributed by atoms with Crippen molar-refractivity contribution in [2.45, 2.75) is 32.1 Å². The lowest BCUT2D eigenvalue weighted by atomic mass is 10.0. The van der Waals surface area contributed by atoms with Gasteiger partial charge in [-0.15, -0.1) is 0 Å². The normalized spacial score (nSPS) is 28.5. The summed E-state index contributed by atoms with van der Waals surface area (Å²) >= 11 is 0. The summed E-state index contributed by atoms with van der Waals surface area (Å²) in [5.41, 5.74) is -0.216. The molecule has 2 amide bonds. The third-order valence-corrected chi connectivity index (χ3v) is 5.15. The number of hydrogen-bond donors (Lipinski definition) is 2. The fourth-order valence-corrected chi connectivity index (χ4v) is 3.79. The van der Waals surface area contributed by atoms with Crippen molar-refractivity contribution in [3.8, 4) is 0 Å². The molecule has 0 aromatic carbocycles. The van der Waals surface area contributed by atoms with Crippen LogP contribution >= 0.6 is 0 Å². The van der Waals surface area contributed by atoms with Gasteiger partial charge >= 0.3 is 18.1 Å². The molecule has 2 aliphatic rings. The number of carbonyl (C=O) groups excluding carboxylic acids is 2. The first-order valence-electron chi connectivity index (χ1n) is 7.84. The van der Waals surface area contributed by atoms with Crippen LogP contribution in [0.3, 0.4) is 0 Å². The van der Waals surface area contributed by atoms with Crippen LogP contribution in [0, 0.1) is 17.3 Å². The average Bonchev–Trinajstić information content (AvgIpc) is 2.84. The van der Waals surface area contributed by atoms with Gasteiger partial charge in [-0.25, -0.2) is 4.79 Å². The molecule has 10 heteroatoms. The van der Waals surface area contributed by atoms with E-state index in [2.05, 4.69) is 0 Å². The van der Waals surface area contributed by atoms with Crippen molar-refractivity contribution in [3.63, 3.8) is 0 Å². The van der Waals surface area contributed by atoms with E-state index < -0.39 is 36.0 Å². The van der Waals surface area contributed by atoms with Gasteiger partial charge in [-0.05, 0) is 25.4 Å². The Morgan fingerprint density at radius 2 is 1.88 bits per heavy atom. The lowest BCUT2D eigenvalue weighted by Gasteiger charge is -2.32. The largest absolute Gasteiger partial charge is 0.480 e. The fourth-order valence-electron chi connectivity index (χ4n) is 3.79. The van der Waals surface area contributed by atoms with Gasteiger partial charge in [-0.2, -0.15) is 13.2 Å². The Hall–Kier alpha value is -1.84. The molecule has 7 nitrogen and oxygen atoms in total. The zero-order chi connectivity index (χ0) is 19.3. The molecule has 1 saturated heterocycles. The molecule has 4 atom stereocenters. The predicted molar refractivity (Wildman–Crippen MR) is 80.4 cm³/mol. The standard InChI is InChI=1S/C15H22F3N3O4/c1-14(2)7-5-21(10(9(7)14)12(23)24)11(22)8(6-20(3)4)19-13(25)15(16,17)18/h7-10H,5-6H2,1-4H3,(H,19,25)(H,23,24)/t7-,8-,9-,10-/m0/s1. The highest BCUT2D eigenvalue weighted by molar-refractivity contribution is 5.93. The van der Waals surface area contributed by atoms with Crippen molar-refractivity contribution in [1.82, 2.24) is 15.1 Å². The molecule has 0 aromatic heterocycles. The minimum atomic E-state index is -5.12. The molecular weight excluding hydrogens is 343 g/mol. The van der Waals surface area contributed by atoms with Crippen LogP contribution in [0.15, 0.2) is 0 Å². The number of carbonyl (C=O) groups is 3. The summed E-state index contributed by atoms with van der Waals surface area (Å²) in [4.78, 5) is 38.1. The summed E-state index contributed by atoms with van der Waals surface area (Å²) in [6.45, 7) is 3.81. The molecule has 0 radical (unpaired) electrons. The van der Waals surface area contributed by atoms with Gasteiger partial charge in [0.05, 0.1) is 0 Å². The van der Waals surface area contributed by atoms with Crippen molar-refractivity contribution in [1.29, 1.82) is 0 Å². The molecule has 1 aliphatic heterocycles. The van der Waals surface area contributed by atoms with E-state index in [1.54, 1.807) is 19.4 Å². The minimum Gasteiger partial charge on any atom is -0.480 e. The maximum Gasteiger partial charge on any atom is 0.471 e. The minimum absolute atomic E-state index is 0.00382. The Kier molecular flexibility index (Phi) is 4.79. The molecule has 0 unspecified atom stereocenters. The topological polar surface area (TPSA) is 90.0 Å². The van der Waals surface area contributed by atoms with Crippen LogP contribution in [0.25, 0.3) is 0 Å². The highest BCUT2D eigenvalue weighted by Crippen LogP contribution is 2.64. The monoisotopic (exact) mass is 365 g/mol. The average molecular weight is 365 g/mol. The van der Waals surface area contributed by atoms with E-state index in [4.69, 9.17) is 0 Å². The van der Waals surface area contributed by atoms with Gasteiger partial charge in [0, 0.05) is 19.0 Å². The van der Waals surface area contributed by atoms with Crippen LogP contribution in [0.5, 0.6) is 0 Å². The number of halogens is 3. The summed E-state index contributed by atoms with van der Waals surface area (Å²) in [7, 11) is 3.08. The van der Waals surface area contributed by atoms with Crippen molar-refractivity contribution >= 4 is 17.8 Å². The van der Waals surface area contributed by atoms with Gasteiger partial charge in [-0.1, -0.05) is 13.8 Å². The number of likely N-dealkylation sites (tertiary alicyclic amines) is 1. The van der Waals surface area contributed by atoms with Gasteiger partial charge in [-0.3, -0.25) is 9.59 Å². The number of nitrogens with zero attached hydrogens (tertiary/aromatic N) is 2. The van der Waals surface area contributed by atoms with Gasteiger partial charge in [0.2, 0.25) is 5.91 Å². The van der Waals surface area contributed by atoms with Crippen molar-refractivity contribution in [3.05, 3.63) is 0 Å². The lowest BCUT2D eigenvalue weighted by molar-refractivity contribution is -0.175. The van der Waals surface area contributed by atoms with E-state index in [-0.39, 0.29) is 30.3 Å². The van der Waals surface area contributed by atoms with Gasteiger partial charge in [0.15, 0.2) is 0 Å². The number of carboxylic acid groups (broad SMARTS) is 1. The zero-order valence-electron chi connectivity index (χ0n) is 14.4. The second-order valence-electron chi connectivity index (χ2n) is 7.51. The Labute approximate surface area is 143 Å². The van der Waals surface area contributed by atoms with Crippen LogP contribution in [0.4, 0.5) is 13.2 Å². The van der Waals surface area contributed by atoms with E-state index in [0.29, 0.717) is 0 Å². The van der Waals surface area contributed by atoms with Crippen LogP contribution in [0.2, 0.25) is 0 Å². The molecular formula is C15H22F3N3O4. The molecule has 0 aromatic rings. The first-order valence-corrected chi connectivity index (χ1v) is 7.84. The third kappa shape index (κ3) is 3.58. The van der Waals surface area contributed by atoms with Crippen molar-refractivity contribution in [2.24, 2.45) is 17.3 Å². The maximum absolute atomic E-state index is 12.7. The number of carboxylic acids is 1. The van der Waals surface area contributed by atoms with E-state index in [1.807, 2.05) is 13.8 Å². The van der Waals surface area contributed by atoms with Gasteiger partial charge in [0.1, 0.15) is 12.1 Å². The quantitative estimate of drug-likeness (QED) is 0.725. The smallest absolute Gasteiger partial charge is 0.471 e. The number of amides is 2. The number of rotatable bonds is 5. The number of aliphatic carboxylic acids is 1. The van der Waals surface area contributed by atoms with E-state index in [9.17, 15) is 32.7 Å². The molecule has 0 bridgehead atoms. The summed E-state index contributed by atoms with van der Waals surface area (Å²) in [5.74, 6) is -4.44. The molecule has 1 aliphatic carbocycles. The first-order chi connectivity index (χ1) is 11.3. The van der Waals surface area contributed by atoms with Crippen molar-refractivity contribution < 1.29 is 32.7 Å². The maximum atomic E-state index is 12.7. The number of nitrogens with one attached hydrogen (secondary N) is 1. The Morgan fingerprint density at radius 3 is 2.32 bits per heavy atom. The predicted octanol–water partition coefficient (Wildman–Crippen LogP) is 0.163. The number of likely N-dealkylation sites (N-methyl/N-ethyl adjacent to an activating group) is 1. The third-order valence-electron chi connectivity index (χ3n) is 5.15. The SMILES string of the molecule is CN(C)C[C@H](NC(=O)C(F)(F)F)C(=O)N1C[C@H]2[C@@H]([C@H]1C(=O)O)C2(C)C. The van der Waals surface area contributed by atoms with Crippen LogP contribution in [-0.4, -0.2) is 78.1 Å². The number of hydrogen-bond acceptors (Lipinski definition) is 4. The highest BCUT2D eigenvalue weighted by Gasteiger charge is 2.69. The van der Waals surface area contributed by atoms with Crippen molar-refractivity contribution in [2.75, 3.05) is 27.2 Å². The Morgan fingerprint density at radius 1 is 1.32 bits per heavy atom. The number of piperidine rings is 1. The highest BCUT2D eigenvalue weighted by atomic mass is 19.4. The van der Waals surface area contributed by atoms with E-state index in [0.717, 1.165) is 4.90 Å².